The van der Waals surface area contributed by atoms with E-state index in [1.165, 1.54) is 9.75 Å². The number of nitrogens with one attached hydrogen (secondary N) is 1. The van der Waals surface area contributed by atoms with Crippen molar-refractivity contribution < 1.29 is 4.74 Å². The average Bonchev–Trinajstić information content (AvgIpc) is 3.27. The van der Waals surface area contributed by atoms with E-state index in [-0.39, 0.29) is 12.0 Å². The third-order valence-corrected chi connectivity index (χ3v) is 7.08. The van der Waals surface area contributed by atoms with Crippen LogP contribution in [0.1, 0.15) is 27.7 Å². The van der Waals surface area contributed by atoms with Gasteiger partial charge in [0.2, 0.25) is 0 Å². The zero-order valence-corrected chi connectivity index (χ0v) is 16.6. The summed E-state index contributed by atoms with van der Waals surface area (Å²) in [4.78, 5) is 7.10. The van der Waals surface area contributed by atoms with E-state index in [2.05, 4.69) is 34.4 Å². The van der Waals surface area contributed by atoms with Crippen LogP contribution in [0.2, 0.25) is 5.15 Å². The highest BCUT2D eigenvalue weighted by molar-refractivity contribution is 7.20. The Morgan fingerprint density at radius 2 is 2.38 bits per heavy atom. The number of ether oxygens (including phenoxy) is 1. The summed E-state index contributed by atoms with van der Waals surface area (Å²) < 4.78 is 6.62. The molecular formula is C19H20ClN3OS2. The molecule has 0 amide bonds. The van der Waals surface area contributed by atoms with E-state index in [1.54, 1.807) is 22.7 Å². The summed E-state index contributed by atoms with van der Waals surface area (Å²) in [5.41, 5.74) is 9.29. The van der Waals surface area contributed by atoms with Gasteiger partial charge in [-0.1, -0.05) is 30.3 Å². The Hall–Kier alpha value is -1.44. The minimum atomic E-state index is -0.00601. The van der Waals surface area contributed by atoms with Crippen molar-refractivity contribution in [2.45, 2.75) is 24.9 Å². The van der Waals surface area contributed by atoms with Crippen LogP contribution in [0, 0.1) is 0 Å². The van der Waals surface area contributed by atoms with Gasteiger partial charge in [-0.2, -0.15) is 0 Å². The van der Waals surface area contributed by atoms with Gasteiger partial charge in [0.05, 0.1) is 22.5 Å². The smallest absolute Gasteiger partial charge is 0.131 e. The second-order valence-electron chi connectivity index (χ2n) is 6.32. The van der Waals surface area contributed by atoms with E-state index in [9.17, 15) is 0 Å². The van der Waals surface area contributed by atoms with Crippen LogP contribution in [0.4, 0.5) is 5.69 Å². The molecule has 3 N–H and O–H groups in total. The maximum absolute atomic E-state index is 6.33. The molecule has 2 atom stereocenters. The molecule has 0 spiro atoms. The first kappa shape index (κ1) is 17.9. The molecule has 0 aromatic carbocycles. The third kappa shape index (κ3) is 3.40. The maximum atomic E-state index is 6.33. The second kappa shape index (κ2) is 7.66. The van der Waals surface area contributed by atoms with Crippen molar-refractivity contribution in [1.82, 2.24) is 4.98 Å². The fourth-order valence-corrected chi connectivity index (χ4v) is 5.64. The lowest BCUT2D eigenvalue weighted by Crippen LogP contribution is -2.37. The van der Waals surface area contributed by atoms with Crippen molar-refractivity contribution in [3.05, 3.63) is 50.6 Å². The third-order valence-electron chi connectivity index (χ3n) is 4.65. The molecule has 1 aliphatic rings. The normalized spacial score (nSPS) is 20.4. The van der Waals surface area contributed by atoms with Crippen molar-refractivity contribution in [2.75, 3.05) is 18.5 Å². The summed E-state index contributed by atoms with van der Waals surface area (Å²) in [5.74, 6) is 0.264. The Bertz CT molecular complexity index is 923. The van der Waals surface area contributed by atoms with Crippen molar-refractivity contribution >= 4 is 56.3 Å². The quantitative estimate of drug-likeness (QED) is 0.580. The van der Waals surface area contributed by atoms with E-state index in [0.29, 0.717) is 11.8 Å². The molecule has 3 aromatic rings. The van der Waals surface area contributed by atoms with Gasteiger partial charge in [-0.15, -0.1) is 22.7 Å². The number of hydrogen-bond donors (Lipinski definition) is 2. The SMILES string of the molecule is C=Cc1c([C@@H]2CCOC[C@H]2N)sc2c(NCc3cccs3)cc(Cl)nc12. The van der Waals surface area contributed by atoms with E-state index in [4.69, 9.17) is 22.1 Å². The molecule has 1 saturated heterocycles. The first-order valence-electron chi connectivity index (χ1n) is 8.52. The van der Waals surface area contributed by atoms with Crippen LogP contribution >= 0.6 is 34.3 Å². The Labute approximate surface area is 165 Å². The van der Waals surface area contributed by atoms with Gasteiger partial charge in [-0.25, -0.2) is 4.98 Å². The Morgan fingerprint density at radius 3 is 3.12 bits per heavy atom. The topological polar surface area (TPSA) is 60.2 Å². The minimum Gasteiger partial charge on any atom is -0.380 e. The molecule has 4 rings (SSSR count). The van der Waals surface area contributed by atoms with Crippen molar-refractivity contribution in [3.63, 3.8) is 0 Å². The summed E-state index contributed by atoms with van der Waals surface area (Å²) in [6.45, 7) is 6.10. The zero-order valence-electron chi connectivity index (χ0n) is 14.2. The molecule has 1 aliphatic heterocycles. The Morgan fingerprint density at radius 1 is 1.50 bits per heavy atom. The molecule has 3 aromatic heterocycles. The van der Waals surface area contributed by atoms with Crippen molar-refractivity contribution in [1.29, 1.82) is 0 Å². The van der Waals surface area contributed by atoms with Crippen molar-refractivity contribution in [3.8, 4) is 0 Å². The van der Waals surface area contributed by atoms with Gasteiger partial charge >= 0.3 is 0 Å². The summed E-state index contributed by atoms with van der Waals surface area (Å²) in [6.07, 6.45) is 2.79. The van der Waals surface area contributed by atoms with Gasteiger partial charge in [0, 0.05) is 46.5 Å². The predicted molar refractivity (Wildman–Crippen MR) is 113 cm³/mol. The minimum absolute atomic E-state index is 0.00601. The monoisotopic (exact) mass is 405 g/mol. The number of halogens is 1. The van der Waals surface area contributed by atoms with Crippen LogP contribution in [0.5, 0.6) is 0 Å². The molecule has 7 heteroatoms. The summed E-state index contributed by atoms with van der Waals surface area (Å²) in [5, 5.41) is 6.08. The largest absolute Gasteiger partial charge is 0.380 e. The van der Waals surface area contributed by atoms with Gasteiger partial charge in [0.1, 0.15) is 5.15 Å². The lowest BCUT2D eigenvalue weighted by molar-refractivity contribution is 0.0703. The highest BCUT2D eigenvalue weighted by atomic mass is 35.5. The number of fused-ring (bicyclic) bond motifs is 1. The first-order chi connectivity index (χ1) is 12.7. The molecule has 1 fully saturated rings. The fourth-order valence-electron chi connectivity index (χ4n) is 3.35. The van der Waals surface area contributed by atoms with Gasteiger partial charge in [-0.05, 0) is 17.9 Å². The number of rotatable bonds is 5. The van der Waals surface area contributed by atoms with Crippen LogP contribution < -0.4 is 11.1 Å². The van der Waals surface area contributed by atoms with E-state index in [1.807, 2.05) is 12.1 Å². The molecule has 0 aliphatic carbocycles. The molecule has 136 valence electrons. The lowest BCUT2D eigenvalue weighted by Gasteiger charge is -2.28. The molecule has 0 bridgehead atoms. The average molecular weight is 406 g/mol. The lowest BCUT2D eigenvalue weighted by atomic mass is 9.91. The van der Waals surface area contributed by atoms with Gasteiger partial charge in [0.15, 0.2) is 0 Å². The van der Waals surface area contributed by atoms with Gasteiger partial charge < -0.3 is 15.8 Å². The molecule has 0 saturated carbocycles. The first-order valence-corrected chi connectivity index (χ1v) is 10.6. The summed E-state index contributed by atoms with van der Waals surface area (Å²) >= 11 is 9.79. The second-order valence-corrected chi connectivity index (χ2v) is 8.79. The maximum Gasteiger partial charge on any atom is 0.131 e. The predicted octanol–water partition coefficient (Wildman–Crippen LogP) is 5.10. The Balaban J connectivity index is 1.77. The Kier molecular flexibility index (Phi) is 5.29. The molecule has 0 radical (unpaired) electrons. The summed E-state index contributed by atoms with van der Waals surface area (Å²) in [7, 11) is 0. The van der Waals surface area contributed by atoms with Crippen LogP contribution in [0.3, 0.4) is 0 Å². The van der Waals surface area contributed by atoms with Crippen LogP contribution in [0.15, 0.2) is 30.2 Å². The number of nitrogens with two attached hydrogens (primary N) is 1. The summed E-state index contributed by atoms with van der Waals surface area (Å²) in [6, 6.07) is 6.07. The van der Waals surface area contributed by atoms with E-state index in [0.717, 1.165) is 41.0 Å². The van der Waals surface area contributed by atoms with Gasteiger partial charge in [-0.3, -0.25) is 0 Å². The standard InChI is InChI=1S/C19H20ClN3OS2/c1-2-12-17-19(26-18(12)13-5-6-24-10-14(13)21)15(8-16(20)23-17)22-9-11-4-3-7-25-11/h2-4,7-8,13-14H,1,5-6,9-10,21H2,(H,22,23)/t13-,14-/m1/s1. The van der Waals surface area contributed by atoms with Crippen LogP contribution in [-0.4, -0.2) is 24.2 Å². The van der Waals surface area contributed by atoms with Crippen molar-refractivity contribution in [2.24, 2.45) is 5.73 Å². The highest BCUT2D eigenvalue weighted by Crippen LogP contribution is 2.43. The van der Waals surface area contributed by atoms with E-state index < -0.39 is 0 Å². The highest BCUT2D eigenvalue weighted by Gasteiger charge is 2.29. The molecule has 4 heterocycles. The number of aromatic nitrogens is 1. The van der Waals surface area contributed by atoms with Crippen LogP contribution in [-0.2, 0) is 11.3 Å². The number of thiophene rings is 2. The number of anilines is 1. The molecule has 26 heavy (non-hydrogen) atoms. The number of pyridine rings is 1. The zero-order chi connectivity index (χ0) is 18.1. The van der Waals surface area contributed by atoms with E-state index >= 15 is 0 Å². The molecule has 4 nitrogen and oxygen atoms in total. The number of hydrogen-bond acceptors (Lipinski definition) is 6. The molecule has 0 unspecified atom stereocenters. The van der Waals surface area contributed by atoms with Crippen LogP contribution in [0.25, 0.3) is 16.3 Å². The van der Waals surface area contributed by atoms with Gasteiger partial charge in [0.25, 0.3) is 0 Å². The number of nitrogens with zero attached hydrogens (tertiary/aromatic N) is 1. The molecular weight excluding hydrogens is 386 g/mol. The fraction of sp³-hybridized carbons (Fsp3) is 0.316.